The van der Waals surface area contributed by atoms with Crippen molar-refractivity contribution >= 4 is 16.0 Å². The van der Waals surface area contributed by atoms with E-state index in [1.165, 1.54) is 6.07 Å². The van der Waals surface area contributed by atoms with Crippen LogP contribution < -0.4 is 5.14 Å². The molecular formula is C16H14N2O6S. The summed E-state index contributed by atoms with van der Waals surface area (Å²) < 4.78 is 37.8. The Morgan fingerprint density at radius 1 is 1.16 bits per heavy atom. The summed E-state index contributed by atoms with van der Waals surface area (Å²) in [5, 5.41) is 4.41. The van der Waals surface area contributed by atoms with Gasteiger partial charge in [-0.1, -0.05) is 18.2 Å². The Labute approximate surface area is 143 Å². The molecule has 0 aliphatic heterocycles. The van der Waals surface area contributed by atoms with Crippen LogP contribution >= 0.6 is 0 Å². The van der Waals surface area contributed by atoms with E-state index in [0.29, 0.717) is 17.3 Å². The summed E-state index contributed by atoms with van der Waals surface area (Å²) in [5.74, 6) is -0.179. The normalized spacial score (nSPS) is 11.4. The van der Waals surface area contributed by atoms with Crippen molar-refractivity contribution in [2.75, 3.05) is 0 Å². The standard InChI is InChI=1S/C16H14N2O6S/c1-10-12(18-15(23-10)11-5-3-2-4-6-11)9-22-16(19)13-7-8-14(24-13)25(17,20)21/h2-8H,9H2,1H3,(H2,17,20,21). The second kappa shape index (κ2) is 6.54. The molecule has 0 unspecified atom stereocenters. The van der Waals surface area contributed by atoms with Crippen molar-refractivity contribution in [2.45, 2.75) is 18.6 Å². The van der Waals surface area contributed by atoms with Gasteiger partial charge in [-0.05, 0) is 31.2 Å². The van der Waals surface area contributed by atoms with Crippen LogP contribution in [0, 0.1) is 6.92 Å². The minimum atomic E-state index is -4.02. The molecule has 25 heavy (non-hydrogen) atoms. The fourth-order valence-electron chi connectivity index (χ4n) is 2.05. The first-order valence-electron chi connectivity index (χ1n) is 7.16. The van der Waals surface area contributed by atoms with Gasteiger partial charge in [0.25, 0.3) is 10.0 Å². The number of carbonyl (C=O) groups excluding carboxylic acids is 1. The number of carbonyl (C=O) groups is 1. The molecule has 2 heterocycles. The number of esters is 1. The third kappa shape index (κ3) is 3.78. The Morgan fingerprint density at radius 3 is 2.52 bits per heavy atom. The zero-order chi connectivity index (χ0) is 18.0. The van der Waals surface area contributed by atoms with E-state index in [-0.39, 0.29) is 12.4 Å². The number of benzene rings is 1. The Morgan fingerprint density at radius 2 is 1.88 bits per heavy atom. The van der Waals surface area contributed by atoms with E-state index in [4.69, 9.17) is 18.7 Å². The van der Waals surface area contributed by atoms with Gasteiger partial charge < -0.3 is 13.6 Å². The highest BCUT2D eigenvalue weighted by molar-refractivity contribution is 7.89. The maximum atomic E-state index is 11.9. The first-order valence-corrected chi connectivity index (χ1v) is 8.71. The van der Waals surface area contributed by atoms with E-state index in [1.807, 2.05) is 30.3 Å². The summed E-state index contributed by atoms with van der Waals surface area (Å²) in [6.45, 7) is 1.56. The summed E-state index contributed by atoms with van der Waals surface area (Å²) in [7, 11) is -4.02. The lowest BCUT2D eigenvalue weighted by Gasteiger charge is -2.00. The van der Waals surface area contributed by atoms with Gasteiger partial charge >= 0.3 is 5.97 Å². The molecule has 3 aromatic rings. The van der Waals surface area contributed by atoms with Crippen molar-refractivity contribution in [2.24, 2.45) is 5.14 Å². The number of ether oxygens (including phenoxy) is 1. The molecule has 0 fully saturated rings. The lowest BCUT2D eigenvalue weighted by molar-refractivity contribution is 0.0424. The van der Waals surface area contributed by atoms with Crippen LogP contribution in [0.3, 0.4) is 0 Å². The third-order valence-corrected chi connectivity index (χ3v) is 4.10. The van der Waals surface area contributed by atoms with Gasteiger partial charge in [0.2, 0.25) is 16.7 Å². The molecule has 2 N–H and O–H groups in total. The molecule has 3 rings (SSSR count). The third-order valence-electron chi connectivity index (χ3n) is 3.32. The summed E-state index contributed by atoms with van der Waals surface area (Å²) in [6.07, 6.45) is 0. The van der Waals surface area contributed by atoms with Crippen molar-refractivity contribution in [1.82, 2.24) is 4.98 Å². The minimum Gasteiger partial charge on any atom is -0.453 e. The molecule has 8 nitrogen and oxygen atoms in total. The summed E-state index contributed by atoms with van der Waals surface area (Å²) in [4.78, 5) is 16.2. The highest BCUT2D eigenvalue weighted by atomic mass is 32.2. The average Bonchev–Trinajstić information content (AvgIpc) is 3.20. The zero-order valence-electron chi connectivity index (χ0n) is 13.1. The second-order valence-corrected chi connectivity index (χ2v) is 6.62. The first-order chi connectivity index (χ1) is 11.8. The van der Waals surface area contributed by atoms with Gasteiger partial charge in [-0.3, -0.25) is 0 Å². The summed E-state index contributed by atoms with van der Waals surface area (Å²) in [6, 6.07) is 11.5. The van der Waals surface area contributed by atoms with E-state index < -0.39 is 21.1 Å². The number of oxazole rings is 1. The topological polar surface area (TPSA) is 126 Å². The minimum absolute atomic E-state index is 0.146. The van der Waals surface area contributed by atoms with Crippen molar-refractivity contribution in [3.05, 3.63) is 59.7 Å². The average molecular weight is 362 g/mol. The smallest absolute Gasteiger partial charge is 0.374 e. The molecular weight excluding hydrogens is 348 g/mol. The summed E-state index contributed by atoms with van der Waals surface area (Å²) >= 11 is 0. The number of rotatable bonds is 5. The predicted octanol–water partition coefficient (Wildman–Crippen LogP) is 2.25. The van der Waals surface area contributed by atoms with Gasteiger partial charge in [-0.2, -0.15) is 0 Å². The Kier molecular flexibility index (Phi) is 4.43. The number of hydrogen-bond donors (Lipinski definition) is 1. The number of nitrogens with two attached hydrogens (primary N) is 1. The van der Waals surface area contributed by atoms with Gasteiger partial charge in [-0.25, -0.2) is 23.3 Å². The molecule has 1 aromatic carbocycles. The number of aryl methyl sites for hydroxylation is 1. The molecule has 9 heteroatoms. The Bertz CT molecular complexity index is 1000. The highest BCUT2D eigenvalue weighted by Crippen LogP contribution is 2.22. The van der Waals surface area contributed by atoms with Crippen LogP contribution in [0.5, 0.6) is 0 Å². The number of nitrogens with zero attached hydrogens (tertiary/aromatic N) is 1. The molecule has 0 saturated carbocycles. The molecule has 0 bridgehead atoms. The lowest BCUT2D eigenvalue weighted by atomic mass is 10.2. The molecule has 0 amide bonds. The van der Waals surface area contributed by atoms with Gasteiger partial charge in [0.15, 0.2) is 0 Å². The van der Waals surface area contributed by atoms with E-state index in [0.717, 1.165) is 11.6 Å². The molecule has 0 aliphatic carbocycles. The molecule has 130 valence electrons. The van der Waals surface area contributed by atoms with Crippen LogP contribution in [0.2, 0.25) is 0 Å². The van der Waals surface area contributed by atoms with Crippen LogP contribution in [0.1, 0.15) is 22.0 Å². The predicted molar refractivity (Wildman–Crippen MR) is 85.9 cm³/mol. The number of primary sulfonamides is 1. The Balaban J connectivity index is 1.70. The van der Waals surface area contributed by atoms with Gasteiger partial charge in [0.05, 0.1) is 0 Å². The van der Waals surface area contributed by atoms with Crippen molar-refractivity contribution in [1.29, 1.82) is 0 Å². The number of hydrogen-bond acceptors (Lipinski definition) is 7. The molecule has 0 spiro atoms. The maximum absolute atomic E-state index is 11.9. The van der Waals surface area contributed by atoms with Gasteiger partial charge in [-0.15, -0.1) is 0 Å². The van der Waals surface area contributed by atoms with Crippen LogP contribution in [0.25, 0.3) is 11.5 Å². The van der Waals surface area contributed by atoms with Crippen molar-refractivity contribution in [3.8, 4) is 11.5 Å². The van der Waals surface area contributed by atoms with Gasteiger partial charge in [0, 0.05) is 5.56 Å². The molecule has 0 atom stereocenters. The van der Waals surface area contributed by atoms with E-state index in [9.17, 15) is 13.2 Å². The molecule has 0 radical (unpaired) electrons. The number of furan rings is 1. The second-order valence-electron chi connectivity index (χ2n) is 5.13. The lowest BCUT2D eigenvalue weighted by Crippen LogP contribution is -2.11. The summed E-state index contributed by atoms with van der Waals surface area (Å²) in [5.41, 5.74) is 1.25. The quantitative estimate of drug-likeness (QED) is 0.690. The van der Waals surface area contributed by atoms with Gasteiger partial charge in [0.1, 0.15) is 18.1 Å². The Hall–Kier alpha value is -2.91. The van der Waals surface area contributed by atoms with Crippen LogP contribution in [0.4, 0.5) is 0 Å². The number of sulfonamides is 1. The van der Waals surface area contributed by atoms with Crippen LogP contribution in [-0.2, 0) is 21.4 Å². The zero-order valence-corrected chi connectivity index (χ0v) is 13.9. The largest absolute Gasteiger partial charge is 0.453 e. The molecule has 2 aromatic heterocycles. The van der Waals surface area contributed by atoms with E-state index in [2.05, 4.69) is 4.98 Å². The van der Waals surface area contributed by atoms with Crippen molar-refractivity contribution < 1.29 is 26.8 Å². The highest BCUT2D eigenvalue weighted by Gasteiger charge is 2.20. The fraction of sp³-hybridized carbons (Fsp3) is 0.125. The first kappa shape index (κ1) is 16.9. The SMILES string of the molecule is Cc1oc(-c2ccccc2)nc1COC(=O)c1ccc(S(N)(=O)=O)o1. The maximum Gasteiger partial charge on any atom is 0.374 e. The van der Waals surface area contributed by atoms with Crippen LogP contribution in [-0.4, -0.2) is 19.4 Å². The van der Waals surface area contributed by atoms with Crippen molar-refractivity contribution in [3.63, 3.8) is 0 Å². The van der Waals surface area contributed by atoms with E-state index >= 15 is 0 Å². The van der Waals surface area contributed by atoms with Crippen LogP contribution in [0.15, 0.2) is 56.4 Å². The molecule has 0 saturated heterocycles. The van der Waals surface area contributed by atoms with E-state index in [1.54, 1.807) is 6.92 Å². The molecule has 0 aliphatic rings. The number of aromatic nitrogens is 1. The monoisotopic (exact) mass is 362 g/mol. The fourth-order valence-corrected chi connectivity index (χ4v) is 2.52.